The van der Waals surface area contributed by atoms with E-state index >= 15 is 0 Å². The molecule has 1 amide bonds. The van der Waals surface area contributed by atoms with Crippen molar-refractivity contribution in [1.29, 1.82) is 0 Å². The quantitative estimate of drug-likeness (QED) is 0.594. The fourth-order valence-corrected chi connectivity index (χ4v) is 2.62. The normalized spacial score (nSPS) is 11.7. The van der Waals surface area contributed by atoms with Gasteiger partial charge in [-0.05, 0) is 87.1 Å². The van der Waals surface area contributed by atoms with Crippen LogP contribution in [0.15, 0.2) is 48.5 Å². The third-order valence-corrected chi connectivity index (χ3v) is 4.50. The van der Waals surface area contributed by atoms with Crippen LogP contribution in [-0.4, -0.2) is 23.0 Å². The highest BCUT2D eigenvalue weighted by Gasteiger charge is 2.21. The summed E-state index contributed by atoms with van der Waals surface area (Å²) >= 11 is 4.33. The molecule has 2 N–H and O–H groups in total. The standard InChI is InChI=1S/C16H13I2NO3/c17-12-5-1-10(2-6-12)9-14(16(21)22)19-15(20)11-3-7-13(18)8-4-11/h1-8,14H,9H2,(H,19,20)(H,21,22)/t14-/m0/s1. The molecule has 0 saturated heterocycles. The van der Waals surface area contributed by atoms with Gasteiger partial charge in [-0.15, -0.1) is 0 Å². The molecule has 22 heavy (non-hydrogen) atoms. The van der Waals surface area contributed by atoms with Gasteiger partial charge in [0.1, 0.15) is 6.04 Å². The number of aliphatic carboxylic acids is 1. The highest BCUT2D eigenvalue weighted by atomic mass is 127. The van der Waals surface area contributed by atoms with Crippen molar-refractivity contribution in [1.82, 2.24) is 5.32 Å². The highest BCUT2D eigenvalue weighted by Crippen LogP contribution is 2.10. The van der Waals surface area contributed by atoms with Crippen molar-refractivity contribution in [3.8, 4) is 0 Å². The van der Waals surface area contributed by atoms with E-state index in [1.54, 1.807) is 12.1 Å². The first-order valence-electron chi connectivity index (χ1n) is 6.49. The number of nitrogens with one attached hydrogen (secondary N) is 1. The molecule has 0 unspecified atom stereocenters. The van der Waals surface area contributed by atoms with Gasteiger partial charge in [-0.2, -0.15) is 0 Å². The van der Waals surface area contributed by atoms with Gasteiger partial charge in [0.05, 0.1) is 0 Å². The largest absolute Gasteiger partial charge is 0.480 e. The third-order valence-electron chi connectivity index (χ3n) is 3.06. The van der Waals surface area contributed by atoms with Crippen LogP contribution >= 0.6 is 45.2 Å². The summed E-state index contributed by atoms with van der Waals surface area (Å²) < 4.78 is 2.10. The molecule has 0 fully saturated rings. The van der Waals surface area contributed by atoms with Crippen molar-refractivity contribution < 1.29 is 14.7 Å². The van der Waals surface area contributed by atoms with Crippen LogP contribution in [0.25, 0.3) is 0 Å². The number of halogens is 2. The van der Waals surface area contributed by atoms with E-state index in [2.05, 4.69) is 50.5 Å². The Labute approximate surface area is 155 Å². The van der Waals surface area contributed by atoms with E-state index < -0.39 is 12.0 Å². The molecule has 0 aromatic heterocycles. The van der Waals surface area contributed by atoms with Crippen LogP contribution in [0, 0.1) is 7.14 Å². The fourth-order valence-electron chi connectivity index (χ4n) is 1.90. The van der Waals surface area contributed by atoms with Gasteiger partial charge in [-0.3, -0.25) is 4.79 Å². The number of carbonyl (C=O) groups excluding carboxylic acids is 1. The minimum Gasteiger partial charge on any atom is -0.480 e. The van der Waals surface area contributed by atoms with Crippen LogP contribution in [0.4, 0.5) is 0 Å². The number of benzene rings is 2. The number of hydrogen-bond acceptors (Lipinski definition) is 2. The van der Waals surface area contributed by atoms with Crippen molar-refractivity contribution >= 4 is 57.1 Å². The maximum atomic E-state index is 12.1. The molecule has 0 heterocycles. The van der Waals surface area contributed by atoms with Gasteiger partial charge in [-0.25, -0.2) is 4.79 Å². The van der Waals surface area contributed by atoms with Gasteiger partial charge in [0.15, 0.2) is 0 Å². The van der Waals surface area contributed by atoms with E-state index in [0.717, 1.165) is 12.7 Å². The molecule has 0 bridgehead atoms. The molecule has 4 nitrogen and oxygen atoms in total. The number of carbonyl (C=O) groups is 2. The van der Waals surface area contributed by atoms with Gasteiger partial charge >= 0.3 is 5.97 Å². The lowest BCUT2D eigenvalue weighted by Gasteiger charge is -2.15. The average molecular weight is 521 g/mol. The lowest BCUT2D eigenvalue weighted by atomic mass is 10.1. The summed E-state index contributed by atoms with van der Waals surface area (Å²) in [5, 5.41) is 11.9. The summed E-state index contributed by atoms with van der Waals surface area (Å²) in [7, 11) is 0. The molecule has 0 spiro atoms. The molecule has 114 valence electrons. The van der Waals surface area contributed by atoms with Crippen LogP contribution in [0.2, 0.25) is 0 Å². The lowest BCUT2D eigenvalue weighted by Crippen LogP contribution is -2.42. The summed E-state index contributed by atoms with van der Waals surface area (Å²) in [5.41, 5.74) is 1.32. The molecular weight excluding hydrogens is 508 g/mol. The smallest absolute Gasteiger partial charge is 0.326 e. The second-order valence-electron chi connectivity index (χ2n) is 4.70. The Kier molecular flexibility index (Phi) is 6.18. The Morgan fingerprint density at radius 1 is 0.955 bits per heavy atom. The molecule has 2 aromatic carbocycles. The van der Waals surface area contributed by atoms with E-state index in [9.17, 15) is 14.7 Å². The zero-order valence-corrected chi connectivity index (χ0v) is 15.7. The number of carboxylic acid groups (broad SMARTS) is 1. The van der Waals surface area contributed by atoms with Crippen LogP contribution < -0.4 is 5.32 Å². The molecule has 2 rings (SSSR count). The monoisotopic (exact) mass is 521 g/mol. The Balaban J connectivity index is 2.08. The van der Waals surface area contributed by atoms with E-state index in [4.69, 9.17) is 0 Å². The number of amides is 1. The number of carboxylic acids is 1. The number of hydrogen-bond donors (Lipinski definition) is 2. The zero-order chi connectivity index (χ0) is 16.1. The van der Waals surface area contributed by atoms with E-state index in [-0.39, 0.29) is 12.3 Å². The summed E-state index contributed by atoms with van der Waals surface area (Å²) in [4.78, 5) is 23.5. The second kappa shape index (κ2) is 7.91. The number of rotatable bonds is 5. The van der Waals surface area contributed by atoms with Gasteiger partial charge in [0.2, 0.25) is 0 Å². The highest BCUT2D eigenvalue weighted by molar-refractivity contribution is 14.1. The predicted octanol–water partition coefficient (Wildman–Crippen LogP) is 3.32. The Morgan fingerprint density at radius 3 is 1.95 bits per heavy atom. The lowest BCUT2D eigenvalue weighted by molar-refractivity contribution is -0.139. The Morgan fingerprint density at radius 2 is 1.45 bits per heavy atom. The molecule has 0 saturated carbocycles. The van der Waals surface area contributed by atoms with Crippen molar-refractivity contribution in [3.63, 3.8) is 0 Å². The molecule has 2 aromatic rings. The average Bonchev–Trinajstić information content (AvgIpc) is 2.49. The molecule has 0 aliphatic heterocycles. The maximum Gasteiger partial charge on any atom is 0.326 e. The van der Waals surface area contributed by atoms with E-state index in [1.807, 2.05) is 36.4 Å². The van der Waals surface area contributed by atoms with Crippen molar-refractivity contribution in [2.24, 2.45) is 0 Å². The molecule has 1 atom stereocenters. The van der Waals surface area contributed by atoms with Gasteiger partial charge in [0, 0.05) is 19.1 Å². The van der Waals surface area contributed by atoms with Gasteiger partial charge < -0.3 is 10.4 Å². The molecule has 6 heteroatoms. The molecule has 0 aliphatic rings. The molecular formula is C16H13I2NO3. The fraction of sp³-hybridized carbons (Fsp3) is 0.125. The minimum atomic E-state index is -1.04. The first-order chi connectivity index (χ1) is 10.5. The van der Waals surface area contributed by atoms with Crippen LogP contribution in [0.3, 0.4) is 0 Å². The first-order valence-corrected chi connectivity index (χ1v) is 8.65. The van der Waals surface area contributed by atoms with E-state index in [1.165, 1.54) is 0 Å². The molecule has 0 aliphatic carbocycles. The zero-order valence-electron chi connectivity index (χ0n) is 11.4. The third kappa shape index (κ3) is 4.94. The van der Waals surface area contributed by atoms with E-state index in [0.29, 0.717) is 5.56 Å². The summed E-state index contributed by atoms with van der Waals surface area (Å²) in [6.45, 7) is 0. The first kappa shape index (κ1) is 17.2. The topological polar surface area (TPSA) is 66.4 Å². The second-order valence-corrected chi connectivity index (χ2v) is 7.19. The Hall–Kier alpha value is -1.16. The molecule has 0 radical (unpaired) electrons. The predicted molar refractivity (Wildman–Crippen MR) is 101 cm³/mol. The van der Waals surface area contributed by atoms with Crippen LogP contribution in [-0.2, 0) is 11.2 Å². The van der Waals surface area contributed by atoms with Gasteiger partial charge in [0.25, 0.3) is 5.91 Å². The maximum absolute atomic E-state index is 12.1. The summed E-state index contributed by atoms with van der Waals surface area (Å²) in [6, 6.07) is 13.6. The van der Waals surface area contributed by atoms with Crippen molar-refractivity contribution in [2.75, 3.05) is 0 Å². The van der Waals surface area contributed by atoms with Crippen molar-refractivity contribution in [3.05, 3.63) is 66.8 Å². The van der Waals surface area contributed by atoms with Crippen LogP contribution in [0.5, 0.6) is 0 Å². The summed E-state index contributed by atoms with van der Waals surface area (Å²) in [6.07, 6.45) is 0.252. The summed E-state index contributed by atoms with van der Waals surface area (Å²) in [5.74, 6) is -1.42. The van der Waals surface area contributed by atoms with Gasteiger partial charge in [-0.1, -0.05) is 12.1 Å². The minimum absolute atomic E-state index is 0.252. The van der Waals surface area contributed by atoms with Crippen molar-refractivity contribution in [2.45, 2.75) is 12.5 Å². The SMILES string of the molecule is O=C(N[C@@H](Cc1ccc(I)cc1)C(=O)O)c1ccc(I)cc1. The van der Waals surface area contributed by atoms with Crippen LogP contribution in [0.1, 0.15) is 15.9 Å². The Bertz CT molecular complexity index is 669.